The number of anilines is 1. The zero-order valence-corrected chi connectivity index (χ0v) is 17.9. The van der Waals surface area contributed by atoms with Crippen molar-refractivity contribution >= 4 is 23.1 Å². The first-order valence-electron chi connectivity index (χ1n) is 9.65. The number of benzene rings is 1. The standard InChI is InChI=1S/C21H22ClF3N4O2/c1-19(2)21(24,25)20(3,29-17(26)10-31-19)13-7-12(4-5-14(13)23)28-15-9-30-16-6-11(22)8-27-18(15)16/h4-8,15,28H,9-10H2,1-3H3,(H2,26,29)/t15?,20-/m1/s1. The van der Waals surface area contributed by atoms with Gasteiger partial charge in [0.1, 0.15) is 48.0 Å². The van der Waals surface area contributed by atoms with Crippen LogP contribution in [0.1, 0.15) is 38.1 Å². The maximum atomic E-state index is 15.6. The highest BCUT2D eigenvalue weighted by Gasteiger charge is 2.64. The van der Waals surface area contributed by atoms with Crippen molar-refractivity contribution in [3.8, 4) is 5.75 Å². The van der Waals surface area contributed by atoms with Gasteiger partial charge < -0.3 is 20.5 Å². The van der Waals surface area contributed by atoms with Gasteiger partial charge in [-0.2, -0.15) is 0 Å². The Morgan fingerprint density at radius 1 is 1.23 bits per heavy atom. The second-order valence-corrected chi connectivity index (χ2v) is 8.72. The van der Waals surface area contributed by atoms with E-state index in [-0.39, 0.29) is 30.7 Å². The van der Waals surface area contributed by atoms with Crippen molar-refractivity contribution in [2.75, 3.05) is 18.5 Å². The summed E-state index contributed by atoms with van der Waals surface area (Å²) in [7, 11) is 0. The molecule has 0 saturated heterocycles. The molecular formula is C21H22ClF3N4O2. The molecule has 3 N–H and O–H groups in total. The van der Waals surface area contributed by atoms with Gasteiger partial charge in [-0.3, -0.25) is 9.98 Å². The van der Waals surface area contributed by atoms with Crippen molar-refractivity contribution in [1.29, 1.82) is 0 Å². The number of rotatable bonds is 3. The van der Waals surface area contributed by atoms with Crippen LogP contribution < -0.4 is 15.8 Å². The molecule has 0 saturated carbocycles. The average molecular weight is 455 g/mol. The number of nitrogens with one attached hydrogen (secondary N) is 1. The number of fused-ring (bicyclic) bond motifs is 1. The number of aromatic nitrogens is 1. The minimum absolute atomic E-state index is 0.135. The molecule has 2 aromatic rings. The minimum atomic E-state index is -3.57. The molecule has 0 amide bonds. The van der Waals surface area contributed by atoms with Gasteiger partial charge in [-0.1, -0.05) is 11.6 Å². The van der Waals surface area contributed by atoms with Crippen LogP contribution in [-0.4, -0.2) is 35.6 Å². The van der Waals surface area contributed by atoms with E-state index >= 15 is 8.78 Å². The number of amidine groups is 1. The van der Waals surface area contributed by atoms with Crippen molar-refractivity contribution in [2.24, 2.45) is 10.7 Å². The van der Waals surface area contributed by atoms with E-state index in [1.807, 2.05) is 0 Å². The van der Waals surface area contributed by atoms with E-state index in [2.05, 4.69) is 15.3 Å². The van der Waals surface area contributed by atoms with E-state index in [1.54, 1.807) is 6.07 Å². The fourth-order valence-electron chi connectivity index (χ4n) is 3.91. The van der Waals surface area contributed by atoms with Gasteiger partial charge in [-0.25, -0.2) is 13.2 Å². The summed E-state index contributed by atoms with van der Waals surface area (Å²) in [6.45, 7) is 3.62. The van der Waals surface area contributed by atoms with Crippen LogP contribution in [0.3, 0.4) is 0 Å². The fraction of sp³-hybridized carbons (Fsp3) is 0.429. The number of aliphatic imine (C=N–C) groups is 1. The van der Waals surface area contributed by atoms with Crippen molar-refractivity contribution in [1.82, 2.24) is 4.98 Å². The van der Waals surface area contributed by atoms with Crippen molar-refractivity contribution in [3.05, 3.63) is 52.6 Å². The fourth-order valence-corrected chi connectivity index (χ4v) is 4.06. The first kappa shape index (κ1) is 21.7. The van der Waals surface area contributed by atoms with E-state index < -0.39 is 22.9 Å². The SMILES string of the molecule is CC1(C)OCC(N)=N[C@](C)(c2cc(NC3COc4cc(Cl)cnc43)ccc2F)C1(F)F. The molecule has 0 aliphatic carbocycles. The molecule has 4 rings (SSSR count). The van der Waals surface area contributed by atoms with Gasteiger partial charge in [0, 0.05) is 23.5 Å². The Morgan fingerprint density at radius 2 is 1.97 bits per heavy atom. The van der Waals surface area contributed by atoms with E-state index in [0.717, 1.165) is 13.0 Å². The maximum Gasteiger partial charge on any atom is 0.304 e. The lowest BCUT2D eigenvalue weighted by atomic mass is 9.78. The number of ether oxygens (including phenoxy) is 2. The monoisotopic (exact) mass is 454 g/mol. The second-order valence-electron chi connectivity index (χ2n) is 8.29. The molecule has 10 heteroatoms. The Balaban J connectivity index is 1.74. The molecule has 6 nitrogen and oxygen atoms in total. The molecule has 31 heavy (non-hydrogen) atoms. The molecular weight excluding hydrogens is 433 g/mol. The van der Waals surface area contributed by atoms with Gasteiger partial charge in [0.05, 0.1) is 5.02 Å². The summed E-state index contributed by atoms with van der Waals surface area (Å²) in [5.74, 6) is -3.99. The van der Waals surface area contributed by atoms with Crippen LogP contribution in [0.5, 0.6) is 5.75 Å². The lowest BCUT2D eigenvalue weighted by Gasteiger charge is -2.42. The summed E-state index contributed by atoms with van der Waals surface area (Å²) in [6.07, 6.45) is 1.49. The predicted octanol–water partition coefficient (Wildman–Crippen LogP) is 4.44. The van der Waals surface area contributed by atoms with Crippen LogP contribution in [0.2, 0.25) is 5.02 Å². The number of halogens is 4. The number of nitrogens with zero attached hydrogens (tertiary/aromatic N) is 2. The molecule has 1 aromatic heterocycles. The summed E-state index contributed by atoms with van der Waals surface area (Å²) >= 11 is 5.94. The molecule has 166 valence electrons. The summed E-state index contributed by atoms with van der Waals surface area (Å²) in [4.78, 5) is 8.28. The number of hydrogen-bond donors (Lipinski definition) is 2. The third kappa shape index (κ3) is 3.49. The lowest BCUT2D eigenvalue weighted by molar-refractivity contribution is -0.214. The van der Waals surface area contributed by atoms with Gasteiger partial charge in [-0.05, 0) is 39.0 Å². The molecule has 3 heterocycles. The van der Waals surface area contributed by atoms with E-state index in [0.29, 0.717) is 22.2 Å². The largest absolute Gasteiger partial charge is 0.489 e. The maximum absolute atomic E-state index is 15.6. The molecule has 1 unspecified atom stereocenters. The van der Waals surface area contributed by atoms with Crippen molar-refractivity contribution < 1.29 is 22.6 Å². The van der Waals surface area contributed by atoms with E-state index in [4.69, 9.17) is 26.8 Å². The number of pyridine rings is 1. The molecule has 2 aliphatic heterocycles. The van der Waals surface area contributed by atoms with Gasteiger partial charge in [0.2, 0.25) is 0 Å². The predicted molar refractivity (Wildman–Crippen MR) is 111 cm³/mol. The molecule has 0 radical (unpaired) electrons. The summed E-state index contributed by atoms with van der Waals surface area (Å²) in [6, 6.07) is 5.18. The normalized spacial score (nSPS) is 26.4. The highest BCUT2D eigenvalue weighted by atomic mass is 35.5. The molecule has 2 aliphatic rings. The topological polar surface area (TPSA) is 81.8 Å². The van der Waals surface area contributed by atoms with Crippen LogP contribution in [0.15, 0.2) is 35.5 Å². The van der Waals surface area contributed by atoms with Crippen molar-refractivity contribution in [3.63, 3.8) is 0 Å². The van der Waals surface area contributed by atoms with Crippen LogP contribution in [0.4, 0.5) is 18.9 Å². The Kier molecular flexibility index (Phi) is 5.09. The Bertz CT molecular complexity index is 1060. The van der Waals surface area contributed by atoms with Gasteiger partial charge in [0.25, 0.3) is 0 Å². The number of hydrogen-bond acceptors (Lipinski definition) is 6. The van der Waals surface area contributed by atoms with Crippen LogP contribution >= 0.6 is 11.6 Å². The van der Waals surface area contributed by atoms with Crippen LogP contribution in [0, 0.1) is 5.82 Å². The Labute approximate surface area is 182 Å². The highest BCUT2D eigenvalue weighted by Crippen LogP contribution is 2.51. The molecule has 2 atom stereocenters. The average Bonchev–Trinajstić information content (AvgIpc) is 3.06. The zero-order chi connectivity index (χ0) is 22.6. The van der Waals surface area contributed by atoms with Crippen LogP contribution in [-0.2, 0) is 10.3 Å². The van der Waals surface area contributed by atoms with Crippen molar-refractivity contribution in [2.45, 2.75) is 43.9 Å². The van der Waals surface area contributed by atoms with E-state index in [1.165, 1.54) is 32.2 Å². The molecule has 0 bridgehead atoms. The first-order valence-corrected chi connectivity index (χ1v) is 10.0. The highest BCUT2D eigenvalue weighted by molar-refractivity contribution is 6.30. The molecule has 0 spiro atoms. The minimum Gasteiger partial charge on any atom is -0.489 e. The Hall–Kier alpha value is -2.52. The zero-order valence-electron chi connectivity index (χ0n) is 17.2. The van der Waals surface area contributed by atoms with Gasteiger partial charge >= 0.3 is 5.92 Å². The third-order valence-electron chi connectivity index (χ3n) is 5.73. The quantitative estimate of drug-likeness (QED) is 0.716. The Morgan fingerprint density at radius 3 is 2.71 bits per heavy atom. The summed E-state index contributed by atoms with van der Waals surface area (Å²) < 4.78 is 56.9. The lowest BCUT2D eigenvalue weighted by Crippen LogP contribution is -2.56. The second kappa shape index (κ2) is 7.27. The van der Waals surface area contributed by atoms with E-state index in [9.17, 15) is 4.39 Å². The van der Waals surface area contributed by atoms with Gasteiger partial charge in [-0.15, -0.1) is 0 Å². The number of alkyl halides is 2. The van der Waals surface area contributed by atoms with Gasteiger partial charge in [0.15, 0.2) is 5.54 Å². The molecule has 1 aromatic carbocycles. The smallest absolute Gasteiger partial charge is 0.304 e. The summed E-state index contributed by atoms with van der Waals surface area (Å²) in [5, 5.41) is 3.60. The first-order chi connectivity index (χ1) is 14.4. The summed E-state index contributed by atoms with van der Waals surface area (Å²) in [5.41, 5.74) is 2.31. The third-order valence-corrected chi connectivity index (χ3v) is 5.94. The molecule has 0 fully saturated rings. The van der Waals surface area contributed by atoms with Crippen LogP contribution in [0.25, 0.3) is 0 Å². The number of nitrogens with two attached hydrogens (primary N) is 1.